The van der Waals surface area contributed by atoms with Gasteiger partial charge in [-0.2, -0.15) is 0 Å². The van der Waals surface area contributed by atoms with Gasteiger partial charge in [0.15, 0.2) is 0 Å². The summed E-state index contributed by atoms with van der Waals surface area (Å²) in [6, 6.07) is 7.26. The van der Waals surface area contributed by atoms with Gasteiger partial charge in [0.2, 0.25) is 5.89 Å². The summed E-state index contributed by atoms with van der Waals surface area (Å²) >= 11 is 10.5. The lowest BCUT2D eigenvalue weighted by molar-refractivity contribution is 0.304. The van der Waals surface area contributed by atoms with Crippen LogP contribution in [0.3, 0.4) is 0 Å². The Morgan fingerprint density at radius 1 is 1.35 bits per heavy atom. The maximum atomic E-state index is 5.77. The Morgan fingerprint density at radius 3 is 2.76 bits per heavy atom. The highest BCUT2D eigenvalue weighted by Gasteiger charge is 2.00. The normalized spacial score (nSPS) is 10.4. The van der Waals surface area contributed by atoms with Gasteiger partial charge in [-0.25, -0.2) is 5.10 Å². The Kier molecular flexibility index (Phi) is 4.17. The molecule has 17 heavy (non-hydrogen) atoms. The van der Waals surface area contributed by atoms with E-state index in [1.54, 1.807) is 12.1 Å². The van der Waals surface area contributed by atoms with Gasteiger partial charge < -0.3 is 9.15 Å². The Bertz CT molecular complexity index is 521. The summed E-state index contributed by atoms with van der Waals surface area (Å²) in [5.41, 5.74) is 0. The van der Waals surface area contributed by atoms with Crippen molar-refractivity contribution < 1.29 is 9.15 Å². The van der Waals surface area contributed by atoms with Gasteiger partial charge in [0.25, 0.3) is 4.84 Å². The lowest BCUT2D eigenvalue weighted by atomic mass is 10.3. The van der Waals surface area contributed by atoms with Gasteiger partial charge in [-0.05, 0) is 42.9 Å². The van der Waals surface area contributed by atoms with Crippen LogP contribution in [0.1, 0.15) is 12.3 Å². The van der Waals surface area contributed by atoms with Gasteiger partial charge in [0.1, 0.15) is 5.75 Å². The first-order valence-electron chi connectivity index (χ1n) is 5.17. The molecule has 1 aromatic carbocycles. The summed E-state index contributed by atoms with van der Waals surface area (Å²) < 4.78 is 10.7. The average Bonchev–Trinajstić information content (AvgIpc) is 2.73. The summed E-state index contributed by atoms with van der Waals surface area (Å²) in [7, 11) is 0. The van der Waals surface area contributed by atoms with Crippen molar-refractivity contribution in [1.82, 2.24) is 10.2 Å². The molecule has 0 aliphatic carbocycles. The molecule has 0 spiro atoms. The smallest absolute Gasteiger partial charge is 0.284 e. The molecule has 0 bridgehead atoms. The van der Waals surface area contributed by atoms with Gasteiger partial charge in [-0.15, -0.1) is 5.10 Å². The summed E-state index contributed by atoms with van der Waals surface area (Å²) in [6.45, 7) is 0.594. The van der Waals surface area contributed by atoms with E-state index in [-0.39, 0.29) is 0 Å². The van der Waals surface area contributed by atoms with Crippen molar-refractivity contribution in [3.05, 3.63) is 40.0 Å². The van der Waals surface area contributed by atoms with Crippen molar-refractivity contribution >= 4 is 23.8 Å². The fourth-order valence-corrected chi connectivity index (χ4v) is 1.58. The van der Waals surface area contributed by atoms with Gasteiger partial charge in [-0.3, -0.25) is 0 Å². The van der Waals surface area contributed by atoms with Crippen molar-refractivity contribution in [1.29, 1.82) is 0 Å². The van der Waals surface area contributed by atoms with Crippen LogP contribution in [0.15, 0.2) is 28.7 Å². The summed E-state index contributed by atoms with van der Waals surface area (Å²) in [5.74, 6) is 1.41. The minimum atomic E-state index is 0.304. The van der Waals surface area contributed by atoms with Crippen LogP contribution >= 0.6 is 23.8 Å². The number of hydrogen-bond donors (Lipinski definition) is 1. The number of halogens is 1. The van der Waals surface area contributed by atoms with E-state index >= 15 is 0 Å². The number of nitrogens with one attached hydrogen (secondary N) is 1. The number of aromatic amines is 1. The molecule has 0 radical (unpaired) electrons. The molecule has 2 aromatic rings. The first-order valence-corrected chi connectivity index (χ1v) is 5.95. The van der Waals surface area contributed by atoms with Crippen molar-refractivity contribution in [3.8, 4) is 5.75 Å². The third-order valence-corrected chi connectivity index (χ3v) is 2.53. The van der Waals surface area contributed by atoms with Crippen molar-refractivity contribution in [2.75, 3.05) is 6.61 Å². The SMILES string of the molecule is S=c1[nH]nc(CCCOc2ccc(Cl)cc2)o1. The predicted octanol–water partition coefficient (Wildman–Crippen LogP) is 3.40. The molecule has 0 unspecified atom stereocenters. The van der Waals surface area contributed by atoms with E-state index in [2.05, 4.69) is 10.2 Å². The van der Waals surface area contributed by atoms with Crippen LogP contribution in [-0.4, -0.2) is 16.8 Å². The average molecular weight is 271 g/mol. The molecule has 0 saturated carbocycles. The van der Waals surface area contributed by atoms with Crippen molar-refractivity contribution in [2.45, 2.75) is 12.8 Å². The van der Waals surface area contributed by atoms with Gasteiger partial charge in [0, 0.05) is 11.4 Å². The van der Waals surface area contributed by atoms with Gasteiger partial charge in [0.05, 0.1) is 6.61 Å². The monoisotopic (exact) mass is 270 g/mol. The van der Waals surface area contributed by atoms with Crippen LogP contribution in [0.5, 0.6) is 5.75 Å². The maximum absolute atomic E-state index is 5.77. The molecule has 6 heteroatoms. The Labute approximate surface area is 109 Å². The van der Waals surface area contributed by atoms with E-state index in [1.807, 2.05) is 12.1 Å². The van der Waals surface area contributed by atoms with E-state index < -0.39 is 0 Å². The van der Waals surface area contributed by atoms with Crippen LogP contribution in [0.2, 0.25) is 5.02 Å². The number of hydrogen-bond acceptors (Lipinski definition) is 4. The van der Waals surface area contributed by atoms with Crippen LogP contribution in [0.25, 0.3) is 0 Å². The summed E-state index contributed by atoms with van der Waals surface area (Å²) in [6.07, 6.45) is 1.51. The summed E-state index contributed by atoms with van der Waals surface area (Å²) in [5, 5.41) is 7.18. The molecule has 0 atom stereocenters. The largest absolute Gasteiger partial charge is 0.494 e. The maximum Gasteiger partial charge on any atom is 0.284 e. The molecule has 0 fully saturated rings. The number of H-pyrrole nitrogens is 1. The molecule has 1 N–H and O–H groups in total. The lowest BCUT2D eigenvalue weighted by Crippen LogP contribution is -1.99. The topological polar surface area (TPSA) is 51.0 Å². The molecule has 0 saturated heterocycles. The van der Waals surface area contributed by atoms with Crippen LogP contribution in [0.4, 0.5) is 0 Å². The van der Waals surface area contributed by atoms with E-state index in [9.17, 15) is 0 Å². The predicted molar refractivity (Wildman–Crippen MR) is 67.0 cm³/mol. The molecule has 0 amide bonds. The van der Waals surface area contributed by atoms with Crippen LogP contribution in [0, 0.1) is 4.84 Å². The second-order valence-corrected chi connectivity index (χ2v) is 4.22. The van der Waals surface area contributed by atoms with Crippen molar-refractivity contribution in [2.24, 2.45) is 0 Å². The molecular formula is C11H11ClN2O2S. The molecule has 4 nitrogen and oxygen atoms in total. The highest BCUT2D eigenvalue weighted by molar-refractivity contribution is 7.71. The fraction of sp³-hybridized carbons (Fsp3) is 0.273. The van der Waals surface area contributed by atoms with Crippen LogP contribution < -0.4 is 4.74 Å². The van der Waals surface area contributed by atoms with E-state index in [0.29, 0.717) is 28.8 Å². The van der Waals surface area contributed by atoms with Gasteiger partial charge in [-0.1, -0.05) is 11.6 Å². The van der Waals surface area contributed by atoms with E-state index in [0.717, 1.165) is 12.2 Å². The molecule has 0 aliphatic rings. The Hall–Kier alpha value is -1.33. The fourth-order valence-electron chi connectivity index (χ4n) is 1.31. The molecule has 1 heterocycles. The molecule has 90 valence electrons. The Morgan fingerprint density at radius 2 is 2.12 bits per heavy atom. The van der Waals surface area contributed by atoms with E-state index in [4.69, 9.17) is 33.0 Å². The molecular weight excluding hydrogens is 260 g/mol. The number of ether oxygens (including phenoxy) is 1. The van der Waals surface area contributed by atoms with Crippen molar-refractivity contribution in [3.63, 3.8) is 0 Å². The number of aryl methyl sites for hydroxylation is 1. The molecule has 0 aliphatic heterocycles. The minimum Gasteiger partial charge on any atom is -0.494 e. The lowest BCUT2D eigenvalue weighted by Gasteiger charge is -2.04. The molecule has 1 aromatic heterocycles. The minimum absolute atomic E-state index is 0.304. The third-order valence-electron chi connectivity index (χ3n) is 2.10. The second kappa shape index (κ2) is 5.84. The highest BCUT2D eigenvalue weighted by Crippen LogP contribution is 2.15. The van der Waals surface area contributed by atoms with Gasteiger partial charge >= 0.3 is 0 Å². The third kappa shape index (κ3) is 3.87. The highest BCUT2D eigenvalue weighted by atomic mass is 35.5. The second-order valence-electron chi connectivity index (χ2n) is 3.41. The Balaban J connectivity index is 1.73. The zero-order valence-electron chi connectivity index (χ0n) is 8.98. The number of benzene rings is 1. The first kappa shape index (κ1) is 12.1. The zero-order valence-corrected chi connectivity index (χ0v) is 10.6. The number of nitrogens with zero attached hydrogens (tertiary/aromatic N) is 1. The number of aromatic nitrogens is 2. The molecule has 2 rings (SSSR count). The first-order chi connectivity index (χ1) is 8.24. The zero-order chi connectivity index (χ0) is 12.1. The quantitative estimate of drug-likeness (QED) is 0.668. The standard InChI is InChI=1S/C11H11ClN2O2S/c12-8-3-5-9(6-4-8)15-7-1-2-10-13-14-11(17)16-10/h3-6H,1-2,7H2,(H,14,17). The van der Waals surface area contributed by atoms with Crippen LogP contribution in [-0.2, 0) is 6.42 Å². The number of rotatable bonds is 5. The van der Waals surface area contributed by atoms with E-state index in [1.165, 1.54) is 0 Å². The summed E-state index contributed by atoms with van der Waals surface area (Å²) in [4.78, 5) is 0.304.